The molecule has 4 heteroatoms. The van der Waals surface area contributed by atoms with Crippen LogP contribution < -0.4 is 11.1 Å². The van der Waals surface area contributed by atoms with Gasteiger partial charge in [-0.25, -0.2) is 0 Å². The van der Waals surface area contributed by atoms with E-state index in [4.69, 9.17) is 15.2 Å². The molecule has 0 aromatic heterocycles. The van der Waals surface area contributed by atoms with Gasteiger partial charge in [0.05, 0.1) is 12.7 Å². The maximum atomic E-state index is 5.60. The topological polar surface area (TPSA) is 56.5 Å². The fourth-order valence-corrected chi connectivity index (χ4v) is 0.989. The third-order valence-corrected chi connectivity index (χ3v) is 1.83. The summed E-state index contributed by atoms with van der Waals surface area (Å²) < 4.78 is 10.2. The van der Waals surface area contributed by atoms with E-state index in [2.05, 4.69) is 5.32 Å². The normalized spacial score (nSPS) is 15.7. The van der Waals surface area contributed by atoms with Crippen molar-refractivity contribution >= 4 is 0 Å². The highest BCUT2D eigenvalue weighted by Crippen LogP contribution is 1.89. The van der Waals surface area contributed by atoms with Gasteiger partial charge in [0.2, 0.25) is 0 Å². The van der Waals surface area contributed by atoms with E-state index in [0.717, 1.165) is 19.5 Å². The minimum Gasteiger partial charge on any atom is -0.382 e. The van der Waals surface area contributed by atoms with Gasteiger partial charge in [0.25, 0.3) is 0 Å². The largest absolute Gasteiger partial charge is 0.382 e. The second kappa shape index (κ2) is 8.44. The summed E-state index contributed by atoms with van der Waals surface area (Å²) >= 11 is 0. The van der Waals surface area contributed by atoms with Crippen molar-refractivity contribution in [1.29, 1.82) is 0 Å². The molecule has 0 amide bonds. The Kier molecular flexibility index (Phi) is 8.33. The van der Waals surface area contributed by atoms with E-state index in [0.29, 0.717) is 6.61 Å². The summed E-state index contributed by atoms with van der Waals surface area (Å²) in [4.78, 5) is 0. The molecule has 0 rings (SSSR count). The van der Waals surface area contributed by atoms with Crippen LogP contribution in [0.1, 0.15) is 13.3 Å². The van der Waals surface area contributed by atoms with Gasteiger partial charge in [-0.3, -0.25) is 0 Å². The number of nitrogens with one attached hydrogen (secondary N) is 1. The zero-order valence-electron chi connectivity index (χ0n) is 8.88. The van der Waals surface area contributed by atoms with Crippen LogP contribution in [-0.2, 0) is 9.47 Å². The maximum absolute atomic E-state index is 5.60. The van der Waals surface area contributed by atoms with Crippen LogP contribution in [0.25, 0.3) is 0 Å². The van der Waals surface area contributed by atoms with Gasteiger partial charge in [-0.1, -0.05) is 0 Å². The lowest BCUT2D eigenvalue weighted by Crippen LogP contribution is -2.34. The van der Waals surface area contributed by atoms with Crippen LogP contribution >= 0.6 is 0 Å². The first-order valence-electron chi connectivity index (χ1n) is 4.68. The molecule has 0 aliphatic rings. The zero-order valence-corrected chi connectivity index (χ0v) is 8.88. The highest BCUT2D eigenvalue weighted by Gasteiger charge is 2.05. The number of ether oxygens (including phenoxy) is 2. The molecule has 0 radical (unpaired) electrons. The van der Waals surface area contributed by atoms with E-state index >= 15 is 0 Å². The van der Waals surface area contributed by atoms with Crippen LogP contribution in [0.15, 0.2) is 0 Å². The molecular formula is C9H22N2O2. The molecule has 0 aromatic carbocycles. The predicted octanol–water partition coefficient (Wildman–Crippen LogP) is -0.0253. The number of nitrogens with two attached hydrogens (primary N) is 1. The van der Waals surface area contributed by atoms with Gasteiger partial charge < -0.3 is 20.5 Å². The standard InChI is InChI=1S/C9H22N2O2/c1-8(10)4-5-11-6-9(13-3)7-12-2/h8-9,11H,4-7,10H2,1-3H3. The van der Waals surface area contributed by atoms with Crippen LogP contribution in [0, 0.1) is 0 Å². The van der Waals surface area contributed by atoms with Crippen molar-refractivity contribution in [3.8, 4) is 0 Å². The Morgan fingerprint density at radius 2 is 2.08 bits per heavy atom. The first kappa shape index (κ1) is 12.8. The van der Waals surface area contributed by atoms with E-state index in [9.17, 15) is 0 Å². The Morgan fingerprint density at radius 1 is 1.38 bits per heavy atom. The molecule has 2 unspecified atom stereocenters. The first-order chi connectivity index (χ1) is 6.20. The van der Waals surface area contributed by atoms with Gasteiger partial charge >= 0.3 is 0 Å². The van der Waals surface area contributed by atoms with Crippen molar-refractivity contribution in [1.82, 2.24) is 5.32 Å². The lowest BCUT2D eigenvalue weighted by molar-refractivity contribution is 0.0290. The summed E-state index contributed by atoms with van der Waals surface area (Å²) in [6, 6.07) is 0.260. The SMILES string of the molecule is COCC(CNCCC(C)N)OC. The van der Waals surface area contributed by atoms with Gasteiger partial charge in [-0.05, 0) is 19.9 Å². The molecule has 3 N–H and O–H groups in total. The van der Waals surface area contributed by atoms with Gasteiger partial charge in [-0.2, -0.15) is 0 Å². The minimum atomic E-state index is 0.137. The molecule has 13 heavy (non-hydrogen) atoms. The van der Waals surface area contributed by atoms with Crippen molar-refractivity contribution in [3.05, 3.63) is 0 Å². The summed E-state index contributed by atoms with van der Waals surface area (Å²) in [5, 5.41) is 3.27. The van der Waals surface area contributed by atoms with Crippen LogP contribution in [0.5, 0.6) is 0 Å². The van der Waals surface area contributed by atoms with Crippen molar-refractivity contribution in [3.63, 3.8) is 0 Å². The fourth-order valence-electron chi connectivity index (χ4n) is 0.989. The average molecular weight is 190 g/mol. The molecular weight excluding hydrogens is 168 g/mol. The highest BCUT2D eigenvalue weighted by atomic mass is 16.5. The molecule has 2 atom stereocenters. The van der Waals surface area contributed by atoms with E-state index in [1.54, 1.807) is 14.2 Å². The molecule has 0 aliphatic carbocycles. The zero-order chi connectivity index (χ0) is 10.1. The van der Waals surface area contributed by atoms with Crippen LogP contribution in [0.2, 0.25) is 0 Å². The van der Waals surface area contributed by atoms with Crippen molar-refractivity contribution in [2.75, 3.05) is 33.9 Å². The molecule has 4 nitrogen and oxygen atoms in total. The number of rotatable bonds is 8. The quantitative estimate of drug-likeness (QED) is 0.528. The summed E-state index contributed by atoms with van der Waals surface area (Å²) in [5.41, 5.74) is 5.60. The molecule has 0 saturated heterocycles. The second-order valence-electron chi connectivity index (χ2n) is 3.28. The van der Waals surface area contributed by atoms with Crippen molar-refractivity contribution < 1.29 is 9.47 Å². The molecule has 0 saturated carbocycles. The third kappa shape index (κ3) is 8.18. The molecule has 0 heterocycles. The van der Waals surface area contributed by atoms with E-state index < -0.39 is 0 Å². The second-order valence-corrected chi connectivity index (χ2v) is 3.28. The van der Waals surface area contributed by atoms with Gasteiger partial charge in [0, 0.05) is 26.8 Å². The van der Waals surface area contributed by atoms with E-state index in [1.165, 1.54) is 0 Å². The monoisotopic (exact) mass is 190 g/mol. The summed E-state index contributed by atoms with van der Waals surface area (Å²) in [6.07, 6.45) is 1.13. The van der Waals surface area contributed by atoms with Gasteiger partial charge in [0.1, 0.15) is 0 Å². The Balaban J connectivity index is 3.27. The smallest absolute Gasteiger partial charge is 0.0928 e. The highest BCUT2D eigenvalue weighted by molar-refractivity contribution is 4.62. The Hall–Kier alpha value is -0.160. The summed E-state index contributed by atoms with van der Waals surface area (Å²) in [6.45, 7) is 4.38. The average Bonchev–Trinajstić information content (AvgIpc) is 2.10. The summed E-state index contributed by atoms with van der Waals surface area (Å²) in [5.74, 6) is 0. The molecule has 0 spiro atoms. The lowest BCUT2D eigenvalue weighted by Gasteiger charge is -2.15. The Bertz CT molecular complexity index is 110. The summed E-state index contributed by atoms with van der Waals surface area (Å²) in [7, 11) is 3.37. The van der Waals surface area contributed by atoms with Crippen LogP contribution in [-0.4, -0.2) is 46.1 Å². The third-order valence-electron chi connectivity index (χ3n) is 1.83. The van der Waals surface area contributed by atoms with Crippen LogP contribution in [0.4, 0.5) is 0 Å². The minimum absolute atomic E-state index is 0.137. The lowest BCUT2D eigenvalue weighted by atomic mass is 10.2. The Labute approximate surface area is 80.8 Å². The number of hydrogen-bond acceptors (Lipinski definition) is 4. The fraction of sp³-hybridized carbons (Fsp3) is 1.00. The number of hydrogen-bond donors (Lipinski definition) is 2. The molecule has 0 aliphatic heterocycles. The molecule has 0 fully saturated rings. The van der Waals surface area contributed by atoms with Crippen molar-refractivity contribution in [2.45, 2.75) is 25.5 Å². The van der Waals surface area contributed by atoms with Crippen molar-refractivity contribution in [2.24, 2.45) is 5.73 Å². The van der Waals surface area contributed by atoms with E-state index in [-0.39, 0.29) is 12.1 Å². The van der Waals surface area contributed by atoms with Gasteiger partial charge in [0.15, 0.2) is 0 Å². The molecule has 80 valence electrons. The number of methoxy groups -OCH3 is 2. The molecule has 0 bridgehead atoms. The van der Waals surface area contributed by atoms with E-state index in [1.807, 2.05) is 6.92 Å². The predicted molar refractivity (Wildman–Crippen MR) is 53.8 cm³/mol. The van der Waals surface area contributed by atoms with Gasteiger partial charge in [-0.15, -0.1) is 0 Å². The first-order valence-corrected chi connectivity index (χ1v) is 4.68. The Morgan fingerprint density at radius 3 is 2.54 bits per heavy atom. The van der Waals surface area contributed by atoms with Crippen LogP contribution in [0.3, 0.4) is 0 Å². The maximum Gasteiger partial charge on any atom is 0.0928 e. The molecule has 0 aromatic rings.